The molecule has 2 rings (SSSR count). The number of aromatic hydroxyl groups is 1. The van der Waals surface area contributed by atoms with Gasteiger partial charge in [0, 0.05) is 26.2 Å². The van der Waals surface area contributed by atoms with E-state index in [9.17, 15) is 5.11 Å². The molecule has 3 N–H and O–H groups in total. The van der Waals surface area contributed by atoms with Gasteiger partial charge in [0.1, 0.15) is 5.75 Å². The SMILES string of the molecule is Nc1cc(CN2CCCOCC2)ccc1O. The molecule has 16 heavy (non-hydrogen) atoms. The van der Waals surface area contributed by atoms with Gasteiger partial charge in [-0.25, -0.2) is 0 Å². The third-order valence-corrected chi connectivity index (χ3v) is 2.81. The van der Waals surface area contributed by atoms with Crippen LogP contribution in [-0.2, 0) is 11.3 Å². The number of phenolic OH excluding ortho intramolecular Hbond substituents is 1. The predicted octanol–water partition coefficient (Wildman–Crippen LogP) is 1.20. The number of benzene rings is 1. The molecule has 4 heteroatoms. The van der Waals surface area contributed by atoms with Crippen molar-refractivity contribution in [1.29, 1.82) is 0 Å². The molecule has 0 atom stereocenters. The second kappa shape index (κ2) is 5.18. The average Bonchev–Trinajstić information content (AvgIpc) is 2.52. The first-order chi connectivity index (χ1) is 7.75. The lowest BCUT2D eigenvalue weighted by Crippen LogP contribution is -2.25. The fraction of sp³-hybridized carbons (Fsp3) is 0.500. The normalized spacial score (nSPS) is 18.2. The Morgan fingerprint density at radius 2 is 2.19 bits per heavy atom. The van der Waals surface area contributed by atoms with E-state index in [4.69, 9.17) is 10.5 Å². The van der Waals surface area contributed by atoms with Crippen LogP contribution in [0.1, 0.15) is 12.0 Å². The molecule has 1 saturated heterocycles. The highest BCUT2D eigenvalue weighted by Crippen LogP contribution is 2.21. The van der Waals surface area contributed by atoms with Gasteiger partial charge in [-0.05, 0) is 24.1 Å². The van der Waals surface area contributed by atoms with E-state index in [1.165, 1.54) is 0 Å². The largest absolute Gasteiger partial charge is 0.506 e. The van der Waals surface area contributed by atoms with Gasteiger partial charge in [-0.3, -0.25) is 4.90 Å². The second-order valence-corrected chi connectivity index (χ2v) is 4.14. The van der Waals surface area contributed by atoms with Crippen LogP contribution in [0.4, 0.5) is 5.69 Å². The molecule has 1 aromatic rings. The van der Waals surface area contributed by atoms with Gasteiger partial charge in [-0.1, -0.05) is 6.07 Å². The molecule has 0 radical (unpaired) electrons. The Labute approximate surface area is 95.6 Å². The van der Waals surface area contributed by atoms with Crippen molar-refractivity contribution in [3.05, 3.63) is 23.8 Å². The summed E-state index contributed by atoms with van der Waals surface area (Å²) in [6.07, 6.45) is 1.08. The fourth-order valence-corrected chi connectivity index (χ4v) is 1.92. The lowest BCUT2D eigenvalue weighted by Gasteiger charge is -2.19. The molecule has 1 heterocycles. The summed E-state index contributed by atoms with van der Waals surface area (Å²) in [6, 6.07) is 5.40. The van der Waals surface area contributed by atoms with Crippen LogP contribution in [0, 0.1) is 0 Å². The average molecular weight is 222 g/mol. The molecule has 4 nitrogen and oxygen atoms in total. The van der Waals surface area contributed by atoms with Crippen molar-refractivity contribution in [2.75, 3.05) is 32.0 Å². The summed E-state index contributed by atoms with van der Waals surface area (Å²) in [5.41, 5.74) is 7.25. The Kier molecular flexibility index (Phi) is 3.64. The van der Waals surface area contributed by atoms with Gasteiger partial charge in [0.2, 0.25) is 0 Å². The summed E-state index contributed by atoms with van der Waals surface area (Å²) in [6.45, 7) is 4.54. The quantitative estimate of drug-likeness (QED) is 0.583. The van der Waals surface area contributed by atoms with Gasteiger partial charge in [0.15, 0.2) is 0 Å². The molecule has 0 bridgehead atoms. The predicted molar refractivity (Wildman–Crippen MR) is 63.2 cm³/mol. The monoisotopic (exact) mass is 222 g/mol. The molecule has 0 spiro atoms. The zero-order valence-electron chi connectivity index (χ0n) is 9.35. The van der Waals surface area contributed by atoms with Crippen LogP contribution in [0.2, 0.25) is 0 Å². The van der Waals surface area contributed by atoms with Crippen molar-refractivity contribution in [3.8, 4) is 5.75 Å². The third-order valence-electron chi connectivity index (χ3n) is 2.81. The molecule has 0 unspecified atom stereocenters. The molecule has 0 aromatic heterocycles. The van der Waals surface area contributed by atoms with Crippen LogP contribution in [0.15, 0.2) is 18.2 Å². The zero-order valence-corrected chi connectivity index (χ0v) is 9.35. The van der Waals surface area contributed by atoms with Crippen molar-refractivity contribution in [3.63, 3.8) is 0 Å². The Bertz CT molecular complexity index is 347. The molecular formula is C12H18N2O2. The van der Waals surface area contributed by atoms with Crippen LogP contribution in [0.3, 0.4) is 0 Å². The smallest absolute Gasteiger partial charge is 0.138 e. The standard InChI is InChI=1S/C12H18N2O2/c13-11-8-10(2-3-12(11)15)9-14-4-1-6-16-7-5-14/h2-3,8,15H,1,4-7,9,13H2. The third kappa shape index (κ3) is 2.87. The van der Waals surface area contributed by atoms with Gasteiger partial charge < -0.3 is 15.6 Å². The van der Waals surface area contributed by atoms with E-state index in [1.807, 2.05) is 12.1 Å². The van der Waals surface area contributed by atoms with E-state index >= 15 is 0 Å². The van der Waals surface area contributed by atoms with Gasteiger partial charge in [-0.15, -0.1) is 0 Å². The molecule has 1 aliphatic rings. The highest BCUT2D eigenvalue weighted by Gasteiger charge is 2.10. The van der Waals surface area contributed by atoms with Gasteiger partial charge in [0.25, 0.3) is 0 Å². The Hall–Kier alpha value is -1.26. The van der Waals surface area contributed by atoms with E-state index in [0.717, 1.165) is 44.8 Å². The number of nitrogen functional groups attached to an aromatic ring is 1. The molecular weight excluding hydrogens is 204 g/mol. The summed E-state index contributed by atoms with van der Waals surface area (Å²) in [4.78, 5) is 2.35. The molecule has 88 valence electrons. The maximum Gasteiger partial charge on any atom is 0.138 e. The summed E-state index contributed by atoms with van der Waals surface area (Å²) in [5, 5.41) is 9.34. The first kappa shape index (κ1) is 11.2. The molecule has 0 aliphatic carbocycles. The van der Waals surface area contributed by atoms with Crippen LogP contribution in [0.5, 0.6) is 5.75 Å². The Morgan fingerprint density at radius 3 is 3.00 bits per heavy atom. The topological polar surface area (TPSA) is 58.7 Å². The maximum atomic E-state index is 9.34. The van der Waals surface area contributed by atoms with Crippen LogP contribution in [0.25, 0.3) is 0 Å². The fourth-order valence-electron chi connectivity index (χ4n) is 1.92. The van der Waals surface area contributed by atoms with Crippen molar-refractivity contribution in [1.82, 2.24) is 4.90 Å². The van der Waals surface area contributed by atoms with Crippen molar-refractivity contribution < 1.29 is 9.84 Å². The van der Waals surface area contributed by atoms with Gasteiger partial charge >= 0.3 is 0 Å². The van der Waals surface area contributed by atoms with E-state index in [2.05, 4.69) is 4.90 Å². The van der Waals surface area contributed by atoms with Gasteiger partial charge in [-0.2, -0.15) is 0 Å². The minimum absolute atomic E-state index is 0.156. The summed E-state index contributed by atoms with van der Waals surface area (Å²) < 4.78 is 5.40. The molecule has 1 aromatic carbocycles. The Morgan fingerprint density at radius 1 is 1.31 bits per heavy atom. The van der Waals surface area contributed by atoms with Gasteiger partial charge in [0.05, 0.1) is 12.3 Å². The Balaban J connectivity index is 1.99. The van der Waals surface area contributed by atoms with Crippen molar-refractivity contribution >= 4 is 5.69 Å². The highest BCUT2D eigenvalue weighted by atomic mass is 16.5. The lowest BCUT2D eigenvalue weighted by atomic mass is 10.1. The van der Waals surface area contributed by atoms with Crippen LogP contribution < -0.4 is 5.73 Å². The van der Waals surface area contributed by atoms with E-state index in [1.54, 1.807) is 6.07 Å². The number of rotatable bonds is 2. The lowest BCUT2D eigenvalue weighted by molar-refractivity contribution is 0.140. The highest BCUT2D eigenvalue weighted by molar-refractivity contribution is 5.53. The van der Waals surface area contributed by atoms with Crippen LogP contribution in [-0.4, -0.2) is 36.3 Å². The van der Waals surface area contributed by atoms with Crippen molar-refractivity contribution in [2.24, 2.45) is 0 Å². The number of nitrogens with zero attached hydrogens (tertiary/aromatic N) is 1. The zero-order chi connectivity index (χ0) is 11.4. The van der Waals surface area contributed by atoms with Crippen molar-refractivity contribution in [2.45, 2.75) is 13.0 Å². The number of hydrogen-bond acceptors (Lipinski definition) is 4. The van der Waals surface area contributed by atoms with E-state index < -0.39 is 0 Å². The first-order valence-electron chi connectivity index (χ1n) is 5.63. The first-order valence-corrected chi connectivity index (χ1v) is 5.63. The van der Waals surface area contributed by atoms with Crippen LogP contribution >= 0.6 is 0 Å². The number of ether oxygens (including phenoxy) is 1. The number of anilines is 1. The molecule has 1 aliphatic heterocycles. The second-order valence-electron chi connectivity index (χ2n) is 4.14. The number of hydrogen-bond donors (Lipinski definition) is 2. The molecule has 0 amide bonds. The summed E-state index contributed by atoms with van der Waals surface area (Å²) >= 11 is 0. The van der Waals surface area contributed by atoms with E-state index in [-0.39, 0.29) is 5.75 Å². The number of phenols is 1. The molecule has 1 fully saturated rings. The summed E-state index contributed by atoms with van der Waals surface area (Å²) in [7, 11) is 0. The molecule has 0 saturated carbocycles. The maximum absolute atomic E-state index is 9.34. The number of nitrogens with two attached hydrogens (primary N) is 1. The minimum atomic E-state index is 0.156. The summed E-state index contributed by atoms with van der Waals surface area (Å²) in [5.74, 6) is 0.156. The minimum Gasteiger partial charge on any atom is -0.506 e. The van der Waals surface area contributed by atoms with E-state index in [0.29, 0.717) is 5.69 Å².